The summed E-state index contributed by atoms with van der Waals surface area (Å²) in [5, 5.41) is 5.70. The Kier molecular flexibility index (Phi) is 4.54. The summed E-state index contributed by atoms with van der Waals surface area (Å²) < 4.78 is 7.67. The van der Waals surface area contributed by atoms with Crippen LogP contribution in [0.5, 0.6) is 0 Å². The molecule has 2 aromatic carbocycles. The van der Waals surface area contributed by atoms with Crippen molar-refractivity contribution in [3.63, 3.8) is 0 Å². The van der Waals surface area contributed by atoms with Gasteiger partial charge in [0, 0.05) is 17.5 Å². The first-order valence-electron chi connectivity index (χ1n) is 11.0. The molecule has 0 spiro atoms. The van der Waals surface area contributed by atoms with Crippen molar-refractivity contribution in [1.29, 1.82) is 0 Å². The average Bonchev–Trinajstić information content (AvgIpc) is 3.20. The Bertz CT molecular complexity index is 1460. The molecule has 4 aromatic rings. The van der Waals surface area contributed by atoms with Gasteiger partial charge in [0.1, 0.15) is 6.10 Å². The normalized spacial score (nSPS) is 19.6. The number of hydrogen-bond acceptors (Lipinski definition) is 4. The molecular formula is C28H21N3O2. The summed E-state index contributed by atoms with van der Waals surface area (Å²) in [4.78, 5) is 18.0. The molecule has 0 bridgehead atoms. The molecule has 6 rings (SSSR count). The number of allylic oxidation sites excluding steroid dienone is 2. The summed E-state index contributed by atoms with van der Waals surface area (Å²) in [5.74, 6) is -0.388. The monoisotopic (exact) mass is 431 g/mol. The number of pyridine rings is 1. The van der Waals surface area contributed by atoms with Gasteiger partial charge in [0.2, 0.25) is 0 Å². The van der Waals surface area contributed by atoms with Gasteiger partial charge in [-0.1, -0.05) is 66.8 Å². The van der Waals surface area contributed by atoms with Gasteiger partial charge in [-0.05, 0) is 47.9 Å². The molecule has 2 aliphatic rings. The number of fused-ring (bicyclic) bond motifs is 2. The molecular weight excluding hydrogens is 410 g/mol. The maximum Gasteiger partial charge on any atom is 0.339 e. The van der Waals surface area contributed by atoms with Gasteiger partial charge in [0.25, 0.3) is 0 Å². The third-order valence-corrected chi connectivity index (χ3v) is 6.22. The number of para-hydroxylation sites is 1. The van der Waals surface area contributed by atoms with Gasteiger partial charge in [-0.3, -0.25) is 0 Å². The zero-order valence-corrected chi connectivity index (χ0v) is 18.1. The van der Waals surface area contributed by atoms with Crippen LogP contribution >= 0.6 is 0 Å². The number of carbonyl (C=O) groups excluding carboxylic acids is 1. The predicted octanol–water partition coefficient (Wildman–Crippen LogP) is 5.31. The Labute approximate surface area is 191 Å². The number of hydrogen-bond donors (Lipinski definition) is 0. The summed E-state index contributed by atoms with van der Waals surface area (Å²) in [5.41, 5.74) is 5.91. The van der Waals surface area contributed by atoms with Crippen molar-refractivity contribution in [2.45, 2.75) is 13.0 Å². The average molecular weight is 431 g/mol. The summed E-state index contributed by atoms with van der Waals surface area (Å²) in [6, 6.07) is 21.8. The van der Waals surface area contributed by atoms with Crippen LogP contribution in [-0.4, -0.2) is 26.8 Å². The first-order valence-corrected chi connectivity index (χ1v) is 11.0. The van der Waals surface area contributed by atoms with E-state index in [0.717, 1.165) is 39.1 Å². The Balaban J connectivity index is 1.58. The number of aryl methyl sites for hydroxylation is 1. The number of carbonyl (C=O) groups is 1. The molecule has 0 radical (unpaired) electrons. The van der Waals surface area contributed by atoms with Crippen molar-refractivity contribution < 1.29 is 9.53 Å². The molecule has 0 fully saturated rings. The lowest BCUT2D eigenvalue weighted by Crippen LogP contribution is -2.32. The van der Waals surface area contributed by atoms with Crippen molar-refractivity contribution in [3.05, 3.63) is 114 Å². The second kappa shape index (κ2) is 7.71. The minimum Gasteiger partial charge on any atom is -0.454 e. The zero-order chi connectivity index (χ0) is 22.4. The molecule has 0 saturated heterocycles. The largest absolute Gasteiger partial charge is 0.454 e. The fourth-order valence-corrected chi connectivity index (χ4v) is 4.67. The van der Waals surface area contributed by atoms with Crippen LogP contribution in [0.1, 0.15) is 16.8 Å². The van der Waals surface area contributed by atoms with Crippen LogP contribution in [0.15, 0.2) is 97.2 Å². The van der Waals surface area contributed by atoms with Crippen molar-refractivity contribution in [2.75, 3.05) is 0 Å². The lowest BCUT2D eigenvalue weighted by atomic mass is 9.79. The van der Waals surface area contributed by atoms with E-state index < -0.39 is 0 Å². The Morgan fingerprint density at radius 2 is 1.64 bits per heavy atom. The Morgan fingerprint density at radius 1 is 0.909 bits per heavy atom. The zero-order valence-electron chi connectivity index (χ0n) is 18.1. The fraction of sp³-hybridized carbons (Fsp3) is 0.107. The van der Waals surface area contributed by atoms with Crippen molar-refractivity contribution in [3.8, 4) is 5.69 Å². The van der Waals surface area contributed by atoms with E-state index in [0.29, 0.717) is 5.57 Å². The van der Waals surface area contributed by atoms with Gasteiger partial charge in [-0.15, -0.1) is 0 Å². The van der Waals surface area contributed by atoms with E-state index in [9.17, 15) is 4.79 Å². The highest BCUT2D eigenvalue weighted by Crippen LogP contribution is 2.42. The van der Waals surface area contributed by atoms with Gasteiger partial charge in [0.05, 0.1) is 17.0 Å². The van der Waals surface area contributed by atoms with E-state index in [4.69, 9.17) is 14.8 Å². The van der Waals surface area contributed by atoms with Gasteiger partial charge in [-0.25, -0.2) is 14.5 Å². The lowest BCUT2D eigenvalue weighted by Gasteiger charge is -2.33. The topological polar surface area (TPSA) is 57.0 Å². The van der Waals surface area contributed by atoms with Crippen LogP contribution in [0.25, 0.3) is 27.9 Å². The molecule has 0 saturated carbocycles. The highest BCUT2D eigenvalue weighted by Gasteiger charge is 2.37. The number of benzene rings is 2. The molecule has 1 aliphatic carbocycles. The smallest absolute Gasteiger partial charge is 0.339 e. The molecule has 3 heterocycles. The summed E-state index contributed by atoms with van der Waals surface area (Å²) in [6.45, 7) is 1.99. The van der Waals surface area contributed by atoms with Crippen molar-refractivity contribution in [2.24, 2.45) is 5.92 Å². The van der Waals surface area contributed by atoms with Gasteiger partial charge < -0.3 is 4.74 Å². The minimum atomic E-state index is -0.325. The third kappa shape index (κ3) is 3.21. The SMILES string of the molecule is Cc1nn(-c2ccccc2)c2ncc(C3=C(c4ccccc4)C(=O)OC4C=CC=CC34)cc12. The molecule has 0 amide bonds. The van der Waals surface area contributed by atoms with Gasteiger partial charge in [-0.2, -0.15) is 5.10 Å². The molecule has 2 aromatic heterocycles. The van der Waals surface area contributed by atoms with E-state index in [2.05, 4.69) is 12.1 Å². The molecule has 2 unspecified atom stereocenters. The Morgan fingerprint density at radius 3 is 2.42 bits per heavy atom. The van der Waals surface area contributed by atoms with E-state index in [1.165, 1.54) is 0 Å². The van der Waals surface area contributed by atoms with Crippen LogP contribution in [0, 0.1) is 12.8 Å². The van der Waals surface area contributed by atoms with E-state index in [-0.39, 0.29) is 18.0 Å². The highest BCUT2D eigenvalue weighted by molar-refractivity contribution is 6.26. The summed E-state index contributed by atoms with van der Waals surface area (Å²) >= 11 is 0. The highest BCUT2D eigenvalue weighted by atomic mass is 16.5. The van der Waals surface area contributed by atoms with Gasteiger partial charge in [0.15, 0.2) is 5.65 Å². The standard InChI is InChI=1S/C28H21N3O2/c1-18-23-16-20(17-29-27(23)31(30-18)21-12-6-3-7-13-21)25-22-14-8-9-15-24(22)33-28(32)26(25)19-10-4-2-5-11-19/h2-17,22,24H,1H3. The van der Waals surface area contributed by atoms with Gasteiger partial charge >= 0.3 is 5.97 Å². The van der Waals surface area contributed by atoms with Crippen LogP contribution < -0.4 is 0 Å². The first kappa shape index (κ1) is 19.4. The van der Waals surface area contributed by atoms with Crippen molar-refractivity contribution >= 4 is 28.1 Å². The number of nitrogens with zero attached hydrogens (tertiary/aromatic N) is 3. The number of rotatable bonds is 3. The maximum atomic E-state index is 13.2. The quantitative estimate of drug-likeness (QED) is 0.413. The van der Waals surface area contributed by atoms with Crippen molar-refractivity contribution in [1.82, 2.24) is 14.8 Å². The summed E-state index contributed by atoms with van der Waals surface area (Å²) in [7, 11) is 0. The molecule has 0 N–H and O–H groups in total. The predicted molar refractivity (Wildman–Crippen MR) is 129 cm³/mol. The second-order valence-electron chi connectivity index (χ2n) is 8.25. The molecule has 160 valence electrons. The van der Waals surface area contributed by atoms with E-state index >= 15 is 0 Å². The molecule has 33 heavy (non-hydrogen) atoms. The lowest BCUT2D eigenvalue weighted by molar-refractivity contribution is -0.141. The fourth-order valence-electron chi connectivity index (χ4n) is 4.67. The number of aromatic nitrogens is 3. The molecule has 1 aliphatic heterocycles. The van der Waals surface area contributed by atoms with E-state index in [1.54, 1.807) is 0 Å². The third-order valence-electron chi connectivity index (χ3n) is 6.22. The number of esters is 1. The van der Waals surface area contributed by atoms with Crippen LogP contribution in [0.4, 0.5) is 0 Å². The minimum absolute atomic E-state index is 0.0772. The molecule has 5 nitrogen and oxygen atoms in total. The van der Waals surface area contributed by atoms with Crippen LogP contribution in [-0.2, 0) is 9.53 Å². The second-order valence-corrected chi connectivity index (χ2v) is 8.25. The summed E-state index contributed by atoms with van der Waals surface area (Å²) in [6.07, 6.45) is 9.49. The molecule has 5 heteroatoms. The Hall–Kier alpha value is -4.25. The maximum absolute atomic E-state index is 13.2. The first-order chi connectivity index (χ1) is 16.2. The number of ether oxygens (including phenoxy) is 1. The van der Waals surface area contributed by atoms with Crippen LogP contribution in [0.2, 0.25) is 0 Å². The van der Waals surface area contributed by atoms with Crippen LogP contribution in [0.3, 0.4) is 0 Å². The molecule has 2 atom stereocenters. The van der Waals surface area contributed by atoms with E-state index in [1.807, 2.05) is 96.7 Å².